The van der Waals surface area contributed by atoms with Gasteiger partial charge in [0.15, 0.2) is 0 Å². The van der Waals surface area contributed by atoms with Crippen LogP contribution in [0, 0.1) is 17.7 Å². The normalized spacial score (nSPS) is 22.6. The van der Waals surface area contributed by atoms with E-state index in [0.717, 1.165) is 6.07 Å². The Hall–Kier alpha value is -1.62. The van der Waals surface area contributed by atoms with Gasteiger partial charge in [-0.05, 0) is 24.1 Å². The molecule has 0 unspecified atom stereocenters. The van der Waals surface area contributed by atoms with E-state index in [2.05, 4.69) is 0 Å². The summed E-state index contributed by atoms with van der Waals surface area (Å²) in [6.07, 6.45) is 0. The Morgan fingerprint density at radius 1 is 1.42 bits per heavy atom. The monoisotopic (exact) mass is 285 g/mol. The number of carboxylic acids is 1. The Morgan fingerprint density at radius 2 is 2.11 bits per heavy atom. The fourth-order valence-electron chi connectivity index (χ4n) is 2.27. The lowest BCUT2D eigenvalue weighted by atomic mass is 9.99. The van der Waals surface area contributed by atoms with Crippen molar-refractivity contribution >= 4 is 23.5 Å². The van der Waals surface area contributed by atoms with E-state index in [1.54, 1.807) is 6.92 Å². The van der Waals surface area contributed by atoms with Crippen molar-refractivity contribution in [1.82, 2.24) is 4.90 Å². The van der Waals surface area contributed by atoms with Gasteiger partial charge in [0.1, 0.15) is 5.82 Å². The van der Waals surface area contributed by atoms with E-state index < -0.39 is 17.7 Å². The molecule has 4 nitrogen and oxygen atoms in total. The van der Waals surface area contributed by atoms with Gasteiger partial charge in [0.2, 0.25) is 0 Å². The van der Waals surface area contributed by atoms with Crippen LogP contribution in [0.3, 0.4) is 0 Å². The van der Waals surface area contributed by atoms with Crippen LogP contribution in [-0.2, 0) is 4.79 Å². The number of nitrogens with zero attached hydrogens (tertiary/aromatic N) is 1. The lowest BCUT2D eigenvalue weighted by Crippen LogP contribution is -2.30. The van der Waals surface area contributed by atoms with Gasteiger partial charge in [0.05, 0.1) is 10.9 Å². The summed E-state index contributed by atoms with van der Waals surface area (Å²) in [6, 6.07) is 3.83. The minimum atomic E-state index is -0.912. The molecule has 2 atom stereocenters. The van der Waals surface area contributed by atoms with Gasteiger partial charge in [-0.15, -0.1) is 0 Å². The first-order valence-electron chi connectivity index (χ1n) is 5.87. The predicted molar refractivity (Wildman–Crippen MR) is 67.6 cm³/mol. The first-order valence-corrected chi connectivity index (χ1v) is 6.25. The number of hydrogen-bond acceptors (Lipinski definition) is 2. The van der Waals surface area contributed by atoms with Gasteiger partial charge in [-0.2, -0.15) is 0 Å². The number of rotatable bonds is 2. The highest BCUT2D eigenvalue weighted by Gasteiger charge is 2.37. The molecule has 1 aliphatic rings. The number of benzene rings is 1. The van der Waals surface area contributed by atoms with E-state index in [1.165, 1.54) is 17.0 Å². The smallest absolute Gasteiger partial charge is 0.308 e. The summed E-state index contributed by atoms with van der Waals surface area (Å²) >= 11 is 5.56. The molecule has 1 aliphatic heterocycles. The molecule has 6 heteroatoms. The molecule has 0 saturated carbocycles. The van der Waals surface area contributed by atoms with Crippen LogP contribution in [0.4, 0.5) is 4.39 Å². The third-order valence-corrected chi connectivity index (χ3v) is 3.69. The van der Waals surface area contributed by atoms with Crippen molar-refractivity contribution in [2.24, 2.45) is 11.8 Å². The van der Waals surface area contributed by atoms with Crippen LogP contribution in [0.1, 0.15) is 17.3 Å². The fourth-order valence-corrected chi connectivity index (χ4v) is 2.38. The molecule has 0 bridgehead atoms. The minimum Gasteiger partial charge on any atom is -0.481 e. The third kappa shape index (κ3) is 2.71. The zero-order valence-electron chi connectivity index (χ0n) is 10.3. The van der Waals surface area contributed by atoms with Gasteiger partial charge in [0.25, 0.3) is 5.91 Å². The van der Waals surface area contributed by atoms with Crippen molar-refractivity contribution in [2.45, 2.75) is 6.92 Å². The third-order valence-electron chi connectivity index (χ3n) is 3.38. The molecule has 1 N–H and O–H groups in total. The summed E-state index contributed by atoms with van der Waals surface area (Å²) in [6.45, 7) is 2.30. The predicted octanol–water partition coefficient (Wildman–Crippen LogP) is 2.27. The number of carbonyl (C=O) groups excluding carboxylic acids is 1. The van der Waals surface area contributed by atoms with Gasteiger partial charge in [-0.3, -0.25) is 9.59 Å². The SMILES string of the molecule is C[C@@H]1CN(C(=O)c2ccc(Cl)c(F)c2)C[C@H]1C(=O)O. The fraction of sp³-hybridized carbons (Fsp3) is 0.385. The maximum atomic E-state index is 13.3. The molecule has 1 heterocycles. The molecule has 19 heavy (non-hydrogen) atoms. The van der Waals surface area contributed by atoms with Gasteiger partial charge < -0.3 is 10.0 Å². The van der Waals surface area contributed by atoms with Crippen molar-refractivity contribution in [3.8, 4) is 0 Å². The lowest BCUT2D eigenvalue weighted by molar-refractivity contribution is -0.142. The maximum Gasteiger partial charge on any atom is 0.308 e. The summed E-state index contributed by atoms with van der Waals surface area (Å²) in [5.41, 5.74) is 0.181. The average molecular weight is 286 g/mol. The Morgan fingerprint density at radius 3 is 2.63 bits per heavy atom. The molecular weight excluding hydrogens is 273 g/mol. The van der Waals surface area contributed by atoms with Crippen molar-refractivity contribution in [3.05, 3.63) is 34.6 Å². The van der Waals surface area contributed by atoms with Crippen molar-refractivity contribution < 1.29 is 19.1 Å². The highest BCUT2D eigenvalue weighted by molar-refractivity contribution is 6.30. The standard InChI is InChI=1S/C13H13ClFNO3/c1-7-5-16(6-9(7)13(18)19)12(17)8-2-3-10(14)11(15)4-8/h2-4,7,9H,5-6H2,1H3,(H,18,19)/t7-,9-/m1/s1. The molecule has 1 aromatic carbocycles. The molecule has 1 saturated heterocycles. The van der Waals surface area contributed by atoms with E-state index in [9.17, 15) is 14.0 Å². The summed E-state index contributed by atoms with van der Waals surface area (Å²) in [5, 5.41) is 8.97. The number of carboxylic acid groups (broad SMARTS) is 1. The van der Waals surface area contributed by atoms with E-state index >= 15 is 0 Å². The molecular formula is C13H13ClFNO3. The number of carbonyl (C=O) groups is 2. The molecule has 1 fully saturated rings. The Labute approximate surface area is 114 Å². The van der Waals surface area contributed by atoms with E-state index in [4.69, 9.17) is 16.7 Å². The van der Waals surface area contributed by atoms with Gasteiger partial charge in [-0.1, -0.05) is 18.5 Å². The second-order valence-electron chi connectivity index (χ2n) is 4.76. The van der Waals surface area contributed by atoms with Gasteiger partial charge in [0, 0.05) is 18.7 Å². The number of halogens is 2. The van der Waals surface area contributed by atoms with E-state index in [-0.39, 0.29) is 29.0 Å². The zero-order chi connectivity index (χ0) is 14.2. The second-order valence-corrected chi connectivity index (χ2v) is 5.17. The maximum absolute atomic E-state index is 13.3. The average Bonchev–Trinajstić information content (AvgIpc) is 2.74. The topological polar surface area (TPSA) is 57.6 Å². The van der Waals surface area contributed by atoms with Crippen LogP contribution in [0.2, 0.25) is 5.02 Å². The van der Waals surface area contributed by atoms with Gasteiger partial charge >= 0.3 is 5.97 Å². The number of likely N-dealkylation sites (tertiary alicyclic amines) is 1. The molecule has 0 spiro atoms. The van der Waals surface area contributed by atoms with Crippen molar-refractivity contribution in [2.75, 3.05) is 13.1 Å². The summed E-state index contributed by atoms with van der Waals surface area (Å²) < 4.78 is 13.3. The van der Waals surface area contributed by atoms with Crippen LogP contribution in [0.25, 0.3) is 0 Å². The first-order chi connectivity index (χ1) is 8.90. The first kappa shape index (κ1) is 13.8. The molecule has 2 rings (SSSR count). The molecule has 0 aromatic heterocycles. The van der Waals surface area contributed by atoms with Crippen LogP contribution in [0.15, 0.2) is 18.2 Å². The quantitative estimate of drug-likeness (QED) is 0.907. The number of amides is 1. The number of hydrogen-bond donors (Lipinski definition) is 1. The lowest BCUT2D eigenvalue weighted by Gasteiger charge is -2.16. The molecule has 0 radical (unpaired) electrons. The highest BCUT2D eigenvalue weighted by atomic mass is 35.5. The molecule has 1 amide bonds. The van der Waals surface area contributed by atoms with Crippen LogP contribution in [0.5, 0.6) is 0 Å². The molecule has 102 valence electrons. The Kier molecular flexibility index (Phi) is 3.75. The second kappa shape index (κ2) is 5.17. The Bertz CT molecular complexity index is 535. The summed E-state index contributed by atoms with van der Waals surface area (Å²) in [4.78, 5) is 24.6. The zero-order valence-corrected chi connectivity index (χ0v) is 11.0. The molecule has 0 aliphatic carbocycles. The minimum absolute atomic E-state index is 0.0465. The summed E-state index contributed by atoms with van der Waals surface area (Å²) in [7, 11) is 0. The number of aliphatic carboxylic acids is 1. The largest absolute Gasteiger partial charge is 0.481 e. The Balaban J connectivity index is 2.17. The van der Waals surface area contributed by atoms with E-state index in [0.29, 0.717) is 6.54 Å². The van der Waals surface area contributed by atoms with Crippen LogP contribution in [-0.4, -0.2) is 35.0 Å². The van der Waals surface area contributed by atoms with Crippen molar-refractivity contribution in [3.63, 3.8) is 0 Å². The van der Waals surface area contributed by atoms with Gasteiger partial charge in [-0.25, -0.2) is 4.39 Å². The van der Waals surface area contributed by atoms with E-state index in [1.807, 2.05) is 0 Å². The summed E-state index contributed by atoms with van der Waals surface area (Å²) in [5.74, 6) is -2.62. The van der Waals surface area contributed by atoms with Crippen molar-refractivity contribution in [1.29, 1.82) is 0 Å². The van der Waals surface area contributed by atoms with Crippen LogP contribution < -0.4 is 0 Å². The highest BCUT2D eigenvalue weighted by Crippen LogP contribution is 2.25. The van der Waals surface area contributed by atoms with Crippen LogP contribution >= 0.6 is 11.6 Å². The molecule has 1 aromatic rings.